The van der Waals surface area contributed by atoms with Crippen molar-refractivity contribution in [2.75, 3.05) is 13.6 Å². The number of hydrogen-bond donors (Lipinski definition) is 0. The molecule has 0 N–H and O–H groups in total. The zero-order valence-corrected chi connectivity index (χ0v) is 14.5. The van der Waals surface area contributed by atoms with Crippen molar-refractivity contribution in [1.29, 1.82) is 0 Å². The van der Waals surface area contributed by atoms with E-state index in [1.807, 2.05) is 13.1 Å². The van der Waals surface area contributed by atoms with Gasteiger partial charge in [-0.05, 0) is 44.1 Å². The minimum absolute atomic E-state index is 0.0376. The zero-order valence-electron chi connectivity index (χ0n) is 14.5. The third-order valence-corrected chi connectivity index (χ3v) is 4.06. The number of aryl methyl sites for hydroxylation is 1. The molecule has 0 fully saturated rings. The number of nitrogens with zero attached hydrogens (tertiary/aromatic N) is 4. The van der Waals surface area contributed by atoms with Crippen LogP contribution in [0.2, 0.25) is 0 Å². The summed E-state index contributed by atoms with van der Waals surface area (Å²) >= 11 is 0. The van der Waals surface area contributed by atoms with Crippen molar-refractivity contribution in [1.82, 2.24) is 15.0 Å². The molecule has 1 aromatic heterocycles. The Kier molecular flexibility index (Phi) is 5.70. The summed E-state index contributed by atoms with van der Waals surface area (Å²) in [7, 11) is 2.01. The van der Waals surface area contributed by atoms with Crippen LogP contribution in [0.4, 0.5) is 5.69 Å². The highest BCUT2D eigenvalue weighted by molar-refractivity contribution is 5.56. The third-order valence-electron chi connectivity index (χ3n) is 4.06. The molecule has 0 unspecified atom stereocenters. The van der Waals surface area contributed by atoms with Crippen LogP contribution in [-0.4, -0.2) is 33.6 Å². The number of non-ortho nitro benzene ring substituents is 1. The van der Waals surface area contributed by atoms with Crippen LogP contribution in [0.25, 0.3) is 11.4 Å². The van der Waals surface area contributed by atoms with E-state index in [4.69, 9.17) is 4.52 Å². The van der Waals surface area contributed by atoms with Crippen molar-refractivity contribution in [2.24, 2.45) is 0 Å². The Morgan fingerprint density at radius 2 is 1.85 bits per heavy atom. The lowest BCUT2D eigenvalue weighted by atomic mass is 10.1. The Balaban J connectivity index is 1.52. The summed E-state index contributed by atoms with van der Waals surface area (Å²) in [5, 5.41) is 14.7. The normalized spacial score (nSPS) is 11.0. The fraction of sp³-hybridized carbons (Fsp3) is 0.263. The fourth-order valence-corrected chi connectivity index (χ4v) is 2.68. The molecule has 0 bridgehead atoms. The highest BCUT2D eigenvalue weighted by Crippen LogP contribution is 2.20. The van der Waals surface area contributed by atoms with Crippen LogP contribution in [0, 0.1) is 10.1 Å². The molecule has 2 aromatic carbocycles. The van der Waals surface area contributed by atoms with E-state index >= 15 is 0 Å². The Morgan fingerprint density at radius 3 is 2.54 bits per heavy atom. The van der Waals surface area contributed by atoms with Gasteiger partial charge in [0.1, 0.15) is 0 Å². The molecule has 0 spiro atoms. The smallest absolute Gasteiger partial charge is 0.269 e. The number of aromatic nitrogens is 2. The van der Waals surface area contributed by atoms with Crippen LogP contribution in [-0.2, 0) is 13.0 Å². The van der Waals surface area contributed by atoms with Crippen molar-refractivity contribution in [3.05, 3.63) is 76.2 Å². The van der Waals surface area contributed by atoms with E-state index < -0.39 is 4.92 Å². The molecule has 1 heterocycles. The summed E-state index contributed by atoms with van der Waals surface area (Å²) in [6, 6.07) is 16.5. The molecule has 3 aromatic rings. The molecule has 0 atom stereocenters. The largest absolute Gasteiger partial charge is 0.338 e. The van der Waals surface area contributed by atoms with E-state index in [-0.39, 0.29) is 5.69 Å². The summed E-state index contributed by atoms with van der Waals surface area (Å²) in [6.45, 7) is 1.49. The Morgan fingerprint density at radius 1 is 1.12 bits per heavy atom. The van der Waals surface area contributed by atoms with Gasteiger partial charge in [0, 0.05) is 17.7 Å². The van der Waals surface area contributed by atoms with Crippen LogP contribution in [0.5, 0.6) is 0 Å². The first-order valence-corrected chi connectivity index (χ1v) is 8.42. The van der Waals surface area contributed by atoms with Crippen LogP contribution < -0.4 is 0 Å². The summed E-state index contributed by atoms with van der Waals surface area (Å²) in [6.07, 6.45) is 2.08. The van der Waals surface area contributed by atoms with Crippen LogP contribution in [0.15, 0.2) is 59.1 Å². The van der Waals surface area contributed by atoms with Crippen molar-refractivity contribution in [2.45, 2.75) is 19.4 Å². The Hall–Kier alpha value is -3.06. The fourth-order valence-electron chi connectivity index (χ4n) is 2.68. The molecule has 0 amide bonds. The molecule has 0 aliphatic rings. The lowest BCUT2D eigenvalue weighted by Crippen LogP contribution is -2.19. The molecular weight excluding hydrogens is 332 g/mol. The van der Waals surface area contributed by atoms with Crippen molar-refractivity contribution < 1.29 is 9.45 Å². The first-order valence-electron chi connectivity index (χ1n) is 8.42. The van der Waals surface area contributed by atoms with Crippen LogP contribution in [0.1, 0.15) is 17.9 Å². The zero-order chi connectivity index (χ0) is 18.4. The molecule has 0 saturated heterocycles. The Bertz CT molecular complexity index is 847. The van der Waals surface area contributed by atoms with Crippen LogP contribution >= 0.6 is 0 Å². The first kappa shape index (κ1) is 17.8. The lowest BCUT2D eigenvalue weighted by Gasteiger charge is -2.13. The number of nitro groups is 1. The van der Waals surface area contributed by atoms with E-state index in [1.165, 1.54) is 17.7 Å². The van der Waals surface area contributed by atoms with Crippen LogP contribution in [0.3, 0.4) is 0 Å². The maximum absolute atomic E-state index is 10.7. The number of hydrogen-bond acceptors (Lipinski definition) is 6. The minimum Gasteiger partial charge on any atom is -0.338 e. The summed E-state index contributed by atoms with van der Waals surface area (Å²) in [4.78, 5) is 16.8. The number of benzene rings is 2. The summed E-state index contributed by atoms with van der Waals surface area (Å²) < 4.78 is 5.30. The van der Waals surface area contributed by atoms with Gasteiger partial charge in [0.05, 0.1) is 11.5 Å². The predicted octanol–water partition coefficient (Wildman–Crippen LogP) is 3.71. The van der Waals surface area contributed by atoms with Gasteiger partial charge in [0.2, 0.25) is 11.7 Å². The second kappa shape index (κ2) is 8.35. The average molecular weight is 352 g/mol. The molecule has 26 heavy (non-hydrogen) atoms. The molecule has 0 radical (unpaired) electrons. The first-order chi connectivity index (χ1) is 12.6. The molecule has 0 aliphatic carbocycles. The Labute approximate surface area is 151 Å². The molecular formula is C19H20N4O3. The average Bonchev–Trinajstić information content (AvgIpc) is 3.11. The third kappa shape index (κ3) is 4.73. The molecule has 7 heteroatoms. The van der Waals surface area contributed by atoms with Gasteiger partial charge in [-0.2, -0.15) is 4.98 Å². The second-order valence-corrected chi connectivity index (χ2v) is 6.14. The summed E-state index contributed by atoms with van der Waals surface area (Å²) in [5.74, 6) is 0.966. The monoisotopic (exact) mass is 352 g/mol. The van der Waals surface area contributed by atoms with E-state index in [1.54, 1.807) is 12.1 Å². The topological polar surface area (TPSA) is 85.3 Å². The van der Waals surface area contributed by atoms with Crippen molar-refractivity contribution >= 4 is 5.69 Å². The maximum Gasteiger partial charge on any atom is 0.269 e. The molecule has 0 saturated carbocycles. The highest BCUT2D eigenvalue weighted by atomic mass is 16.6. The van der Waals surface area contributed by atoms with E-state index in [2.05, 4.69) is 39.3 Å². The number of nitro benzene ring substituents is 1. The van der Waals surface area contributed by atoms with Gasteiger partial charge in [-0.3, -0.25) is 15.0 Å². The van der Waals surface area contributed by atoms with Gasteiger partial charge in [-0.15, -0.1) is 0 Å². The van der Waals surface area contributed by atoms with Crippen molar-refractivity contribution in [3.8, 4) is 11.4 Å². The summed E-state index contributed by atoms with van der Waals surface area (Å²) in [5.41, 5.74) is 2.06. The van der Waals surface area contributed by atoms with Gasteiger partial charge in [0.25, 0.3) is 5.69 Å². The van der Waals surface area contributed by atoms with Gasteiger partial charge in [-0.1, -0.05) is 35.5 Å². The van der Waals surface area contributed by atoms with E-state index in [0.717, 1.165) is 19.4 Å². The lowest BCUT2D eigenvalue weighted by molar-refractivity contribution is -0.384. The molecule has 3 rings (SSSR count). The van der Waals surface area contributed by atoms with Gasteiger partial charge < -0.3 is 4.52 Å². The van der Waals surface area contributed by atoms with Gasteiger partial charge >= 0.3 is 0 Å². The predicted molar refractivity (Wildman–Crippen MR) is 97.5 cm³/mol. The molecule has 134 valence electrons. The quantitative estimate of drug-likeness (QED) is 0.454. The molecule has 0 aliphatic heterocycles. The van der Waals surface area contributed by atoms with E-state index in [0.29, 0.717) is 23.8 Å². The van der Waals surface area contributed by atoms with Crippen molar-refractivity contribution in [3.63, 3.8) is 0 Å². The molecule has 7 nitrogen and oxygen atoms in total. The highest BCUT2D eigenvalue weighted by Gasteiger charge is 2.12. The number of rotatable bonds is 8. The maximum atomic E-state index is 10.7. The SMILES string of the molecule is CN(CCCc1ccccc1)Cc1nc(-c2ccc([N+](=O)[O-])cc2)no1. The standard InChI is InChI=1S/C19H20N4O3/c1-22(13-5-8-15-6-3-2-4-7-15)14-18-20-19(21-26-18)16-9-11-17(12-10-16)23(24)25/h2-4,6-7,9-12H,5,8,13-14H2,1H3. The minimum atomic E-state index is -0.435. The van der Waals surface area contributed by atoms with Gasteiger partial charge in [0.15, 0.2) is 0 Å². The van der Waals surface area contributed by atoms with Gasteiger partial charge in [-0.25, -0.2) is 0 Å². The second-order valence-electron chi connectivity index (χ2n) is 6.14. The van der Waals surface area contributed by atoms with E-state index in [9.17, 15) is 10.1 Å².